The van der Waals surface area contributed by atoms with E-state index in [-0.39, 0.29) is 0 Å². The minimum Gasteiger partial charge on any atom is -0.381 e. The molecule has 3 rings (SSSR count). The zero-order valence-corrected chi connectivity index (χ0v) is 15.2. The van der Waals surface area contributed by atoms with Crippen molar-refractivity contribution in [2.75, 3.05) is 53.0 Å². The first kappa shape index (κ1) is 17.0. The molecule has 1 N–H and O–H groups in total. The van der Waals surface area contributed by atoms with Gasteiger partial charge in [-0.3, -0.25) is 4.99 Å². The highest BCUT2D eigenvalue weighted by molar-refractivity contribution is 5.80. The molecule has 3 saturated heterocycles. The molecule has 5 nitrogen and oxygen atoms in total. The average molecular weight is 322 g/mol. The lowest BCUT2D eigenvalue weighted by Crippen LogP contribution is -2.47. The molecule has 0 aliphatic carbocycles. The molecule has 23 heavy (non-hydrogen) atoms. The van der Waals surface area contributed by atoms with E-state index in [9.17, 15) is 0 Å². The maximum absolute atomic E-state index is 5.64. The van der Waals surface area contributed by atoms with Crippen LogP contribution < -0.4 is 5.32 Å². The Bertz CT molecular complexity index is 417. The van der Waals surface area contributed by atoms with Crippen molar-refractivity contribution >= 4 is 5.96 Å². The fraction of sp³-hybridized carbons (Fsp3) is 0.944. The molecular weight excluding hydrogens is 288 g/mol. The van der Waals surface area contributed by atoms with Crippen molar-refractivity contribution in [2.45, 2.75) is 45.6 Å². The quantitative estimate of drug-likeness (QED) is 0.635. The van der Waals surface area contributed by atoms with E-state index in [4.69, 9.17) is 4.74 Å². The van der Waals surface area contributed by atoms with Gasteiger partial charge in [0.25, 0.3) is 0 Å². The minimum absolute atomic E-state index is 0.400. The third kappa shape index (κ3) is 4.00. The van der Waals surface area contributed by atoms with Crippen LogP contribution in [-0.2, 0) is 4.74 Å². The van der Waals surface area contributed by atoms with E-state index >= 15 is 0 Å². The number of piperidine rings is 1. The molecule has 5 heteroatoms. The highest BCUT2D eigenvalue weighted by Crippen LogP contribution is 2.38. The number of rotatable bonds is 3. The lowest BCUT2D eigenvalue weighted by molar-refractivity contribution is 0.140. The predicted molar refractivity (Wildman–Crippen MR) is 94.9 cm³/mol. The molecule has 0 aromatic heterocycles. The van der Waals surface area contributed by atoms with E-state index in [0.29, 0.717) is 11.5 Å². The summed E-state index contributed by atoms with van der Waals surface area (Å²) in [4.78, 5) is 9.59. The summed E-state index contributed by atoms with van der Waals surface area (Å²) in [6.07, 6.45) is 5.13. The van der Waals surface area contributed by atoms with Crippen molar-refractivity contribution in [2.24, 2.45) is 16.3 Å². The lowest BCUT2D eigenvalue weighted by Gasteiger charge is -2.36. The molecular formula is C18H34N4O. The topological polar surface area (TPSA) is 40.1 Å². The van der Waals surface area contributed by atoms with Crippen LogP contribution in [0.25, 0.3) is 0 Å². The van der Waals surface area contributed by atoms with E-state index in [1.807, 2.05) is 7.05 Å². The van der Waals surface area contributed by atoms with Gasteiger partial charge in [0.1, 0.15) is 0 Å². The van der Waals surface area contributed by atoms with E-state index in [1.165, 1.54) is 38.8 Å². The maximum Gasteiger partial charge on any atom is 0.193 e. The number of ether oxygens (including phenoxy) is 1. The van der Waals surface area contributed by atoms with Crippen LogP contribution in [0, 0.1) is 11.3 Å². The Balaban J connectivity index is 1.48. The molecule has 0 bridgehead atoms. The summed E-state index contributed by atoms with van der Waals surface area (Å²) in [6.45, 7) is 12.2. The molecule has 3 heterocycles. The second-order valence-corrected chi connectivity index (χ2v) is 8.00. The summed E-state index contributed by atoms with van der Waals surface area (Å²) in [6, 6.07) is 0.665. The monoisotopic (exact) mass is 322 g/mol. The highest BCUT2D eigenvalue weighted by atomic mass is 16.5. The van der Waals surface area contributed by atoms with Gasteiger partial charge in [-0.15, -0.1) is 0 Å². The van der Waals surface area contributed by atoms with Crippen LogP contribution in [0.1, 0.15) is 39.5 Å². The molecule has 1 spiro atoms. The summed E-state index contributed by atoms with van der Waals surface area (Å²) in [5, 5.41) is 3.66. The van der Waals surface area contributed by atoms with Gasteiger partial charge in [-0.05, 0) is 52.0 Å². The van der Waals surface area contributed by atoms with Gasteiger partial charge in [-0.1, -0.05) is 0 Å². The first-order chi connectivity index (χ1) is 11.1. The van der Waals surface area contributed by atoms with Crippen LogP contribution in [0.5, 0.6) is 0 Å². The highest BCUT2D eigenvalue weighted by Gasteiger charge is 2.42. The van der Waals surface area contributed by atoms with Crippen LogP contribution in [0.2, 0.25) is 0 Å². The van der Waals surface area contributed by atoms with Crippen molar-refractivity contribution in [3.8, 4) is 0 Å². The molecule has 0 aromatic carbocycles. The van der Waals surface area contributed by atoms with Gasteiger partial charge in [0.05, 0.1) is 6.61 Å². The number of aliphatic imine (C=N–C) groups is 1. The second-order valence-electron chi connectivity index (χ2n) is 8.00. The first-order valence-corrected chi connectivity index (χ1v) is 9.39. The van der Waals surface area contributed by atoms with Crippen molar-refractivity contribution in [3.05, 3.63) is 0 Å². The Morgan fingerprint density at radius 3 is 2.91 bits per heavy atom. The summed E-state index contributed by atoms with van der Waals surface area (Å²) < 4.78 is 5.64. The summed E-state index contributed by atoms with van der Waals surface area (Å²) in [7, 11) is 1.92. The fourth-order valence-electron chi connectivity index (χ4n) is 4.39. The van der Waals surface area contributed by atoms with E-state index in [0.717, 1.165) is 44.7 Å². The molecule has 2 unspecified atom stereocenters. The van der Waals surface area contributed by atoms with Gasteiger partial charge in [0, 0.05) is 51.3 Å². The van der Waals surface area contributed by atoms with Crippen LogP contribution in [0.3, 0.4) is 0 Å². The van der Waals surface area contributed by atoms with Crippen molar-refractivity contribution in [1.29, 1.82) is 0 Å². The van der Waals surface area contributed by atoms with Crippen LogP contribution >= 0.6 is 0 Å². The largest absolute Gasteiger partial charge is 0.381 e. The molecule has 3 aliphatic heterocycles. The Morgan fingerprint density at radius 2 is 2.22 bits per heavy atom. The molecule has 0 amide bonds. The van der Waals surface area contributed by atoms with E-state index < -0.39 is 0 Å². The second kappa shape index (κ2) is 7.39. The average Bonchev–Trinajstić information content (AvgIpc) is 3.19. The minimum atomic E-state index is 0.400. The summed E-state index contributed by atoms with van der Waals surface area (Å²) in [5.74, 6) is 1.84. The SMILES string of the molecule is CN=C(NCC1CCCN(C(C)C)C1)N1CCC2(CCOC2)C1. The predicted octanol–water partition coefficient (Wildman–Crippen LogP) is 1.79. The standard InChI is InChI=1S/C18H34N4O/c1-15(2)21-8-4-5-16(12-21)11-20-17(19-3)22-9-6-18(13-22)7-10-23-14-18/h15-16H,4-14H2,1-3H3,(H,19,20). The zero-order chi connectivity index (χ0) is 16.3. The molecule has 0 saturated carbocycles. The van der Waals surface area contributed by atoms with Gasteiger partial charge in [-0.2, -0.15) is 0 Å². The molecule has 2 atom stereocenters. The third-order valence-electron chi connectivity index (χ3n) is 5.96. The molecule has 3 aliphatic rings. The van der Waals surface area contributed by atoms with Crippen molar-refractivity contribution < 1.29 is 4.74 Å². The van der Waals surface area contributed by atoms with Gasteiger partial charge in [-0.25, -0.2) is 0 Å². The number of nitrogens with one attached hydrogen (secondary N) is 1. The molecule has 132 valence electrons. The zero-order valence-electron chi connectivity index (χ0n) is 15.2. The number of guanidine groups is 1. The smallest absolute Gasteiger partial charge is 0.193 e. The van der Waals surface area contributed by atoms with Gasteiger partial charge in [0.2, 0.25) is 0 Å². The fourth-order valence-corrected chi connectivity index (χ4v) is 4.39. The third-order valence-corrected chi connectivity index (χ3v) is 5.96. The van der Waals surface area contributed by atoms with Gasteiger partial charge < -0.3 is 19.9 Å². The number of hydrogen-bond donors (Lipinski definition) is 1. The van der Waals surface area contributed by atoms with Crippen molar-refractivity contribution in [3.63, 3.8) is 0 Å². The van der Waals surface area contributed by atoms with Gasteiger partial charge in [0.15, 0.2) is 5.96 Å². The summed E-state index contributed by atoms with van der Waals surface area (Å²) in [5.41, 5.74) is 0.400. The number of likely N-dealkylation sites (tertiary alicyclic amines) is 2. The first-order valence-electron chi connectivity index (χ1n) is 9.39. The van der Waals surface area contributed by atoms with E-state index in [1.54, 1.807) is 0 Å². The van der Waals surface area contributed by atoms with Crippen LogP contribution in [0.4, 0.5) is 0 Å². The molecule has 3 fully saturated rings. The molecule has 0 radical (unpaired) electrons. The summed E-state index contributed by atoms with van der Waals surface area (Å²) >= 11 is 0. The lowest BCUT2D eigenvalue weighted by atomic mass is 9.87. The van der Waals surface area contributed by atoms with Crippen LogP contribution in [-0.4, -0.2) is 74.8 Å². The van der Waals surface area contributed by atoms with Gasteiger partial charge >= 0.3 is 0 Å². The Labute approximate surface area is 141 Å². The molecule has 0 aromatic rings. The Kier molecular flexibility index (Phi) is 5.47. The van der Waals surface area contributed by atoms with Crippen LogP contribution in [0.15, 0.2) is 4.99 Å². The Hall–Kier alpha value is -0.810. The Morgan fingerprint density at radius 1 is 1.35 bits per heavy atom. The van der Waals surface area contributed by atoms with E-state index in [2.05, 4.69) is 34.0 Å². The number of nitrogens with zero attached hydrogens (tertiary/aromatic N) is 3. The normalized spacial score (nSPS) is 33.1. The van der Waals surface area contributed by atoms with Crippen molar-refractivity contribution in [1.82, 2.24) is 15.1 Å². The number of hydrogen-bond acceptors (Lipinski definition) is 3. The maximum atomic E-state index is 5.64.